The van der Waals surface area contributed by atoms with Crippen LogP contribution in [0.25, 0.3) is 0 Å². The molecular weight excluding hydrogens is 377 g/mol. The SMILES string of the molecule is CCC1CCN(Cc2ccc([N+](=O)[O-])cc2)N=C1c1ccc(OC)c(OCF)c1. The summed E-state index contributed by atoms with van der Waals surface area (Å²) in [5, 5.41) is 17.6. The van der Waals surface area contributed by atoms with Crippen LogP contribution >= 0.6 is 0 Å². The molecule has 0 bridgehead atoms. The Morgan fingerprint density at radius 1 is 1.24 bits per heavy atom. The minimum absolute atomic E-state index is 0.0706. The Morgan fingerprint density at radius 3 is 2.62 bits per heavy atom. The molecule has 0 amide bonds. The molecule has 29 heavy (non-hydrogen) atoms. The number of hydrogen-bond donors (Lipinski definition) is 0. The summed E-state index contributed by atoms with van der Waals surface area (Å²) in [4.78, 5) is 10.4. The van der Waals surface area contributed by atoms with Gasteiger partial charge < -0.3 is 9.47 Å². The highest BCUT2D eigenvalue weighted by molar-refractivity contribution is 6.02. The van der Waals surface area contributed by atoms with Gasteiger partial charge in [0, 0.05) is 30.2 Å². The molecule has 1 atom stereocenters. The molecule has 3 rings (SSSR count). The number of rotatable bonds is 8. The van der Waals surface area contributed by atoms with Crippen LogP contribution in [0, 0.1) is 16.0 Å². The second-order valence-electron chi connectivity index (χ2n) is 6.81. The van der Waals surface area contributed by atoms with E-state index in [0.717, 1.165) is 36.2 Å². The number of ether oxygens (including phenoxy) is 2. The molecule has 0 saturated heterocycles. The van der Waals surface area contributed by atoms with Gasteiger partial charge in [0.25, 0.3) is 5.69 Å². The van der Waals surface area contributed by atoms with Crippen molar-refractivity contribution < 1.29 is 18.8 Å². The molecule has 8 heteroatoms. The molecule has 154 valence electrons. The zero-order valence-corrected chi connectivity index (χ0v) is 16.5. The van der Waals surface area contributed by atoms with E-state index in [4.69, 9.17) is 14.6 Å². The summed E-state index contributed by atoms with van der Waals surface area (Å²) in [6.07, 6.45) is 1.88. The number of nitro groups is 1. The molecule has 0 fully saturated rings. The van der Waals surface area contributed by atoms with Crippen LogP contribution < -0.4 is 9.47 Å². The van der Waals surface area contributed by atoms with E-state index in [2.05, 4.69) is 6.92 Å². The quantitative estimate of drug-likeness (QED) is 0.479. The van der Waals surface area contributed by atoms with E-state index in [1.807, 2.05) is 11.1 Å². The van der Waals surface area contributed by atoms with Crippen LogP contribution in [0.3, 0.4) is 0 Å². The van der Waals surface area contributed by atoms with Crippen LogP contribution in [-0.4, -0.2) is 36.2 Å². The summed E-state index contributed by atoms with van der Waals surface area (Å²) >= 11 is 0. The number of halogens is 1. The van der Waals surface area contributed by atoms with Gasteiger partial charge in [0.2, 0.25) is 6.86 Å². The Kier molecular flexibility index (Phi) is 6.64. The first kappa shape index (κ1) is 20.6. The Balaban J connectivity index is 1.86. The fourth-order valence-corrected chi connectivity index (χ4v) is 3.47. The lowest BCUT2D eigenvalue weighted by atomic mass is 9.90. The van der Waals surface area contributed by atoms with Crippen molar-refractivity contribution in [3.63, 3.8) is 0 Å². The van der Waals surface area contributed by atoms with Crippen molar-refractivity contribution in [1.29, 1.82) is 0 Å². The van der Waals surface area contributed by atoms with E-state index in [9.17, 15) is 14.5 Å². The Bertz CT molecular complexity index is 886. The molecule has 0 saturated carbocycles. The molecule has 1 unspecified atom stereocenters. The minimum Gasteiger partial charge on any atom is -0.493 e. The summed E-state index contributed by atoms with van der Waals surface area (Å²) in [5.74, 6) is 1.10. The molecule has 1 aliphatic rings. The van der Waals surface area contributed by atoms with Crippen molar-refractivity contribution in [2.45, 2.75) is 26.3 Å². The maximum Gasteiger partial charge on any atom is 0.269 e. The lowest BCUT2D eigenvalue weighted by Crippen LogP contribution is -2.32. The fourth-order valence-electron chi connectivity index (χ4n) is 3.47. The van der Waals surface area contributed by atoms with E-state index < -0.39 is 11.8 Å². The van der Waals surface area contributed by atoms with Gasteiger partial charge in [-0.1, -0.05) is 19.1 Å². The van der Waals surface area contributed by atoms with E-state index >= 15 is 0 Å². The Morgan fingerprint density at radius 2 is 2.00 bits per heavy atom. The second-order valence-corrected chi connectivity index (χ2v) is 6.81. The average molecular weight is 401 g/mol. The molecule has 0 radical (unpaired) electrons. The van der Waals surface area contributed by atoms with Gasteiger partial charge in [0.15, 0.2) is 11.5 Å². The molecule has 7 nitrogen and oxygen atoms in total. The first-order valence-corrected chi connectivity index (χ1v) is 9.49. The molecular formula is C21H24FN3O4. The predicted octanol–water partition coefficient (Wildman–Crippen LogP) is 4.55. The van der Waals surface area contributed by atoms with Crippen molar-refractivity contribution in [2.75, 3.05) is 20.5 Å². The highest BCUT2D eigenvalue weighted by Gasteiger charge is 2.24. The van der Waals surface area contributed by atoms with Crippen molar-refractivity contribution in [3.05, 3.63) is 63.7 Å². The van der Waals surface area contributed by atoms with Crippen LogP contribution in [0.5, 0.6) is 11.5 Å². The number of non-ortho nitro benzene ring substituents is 1. The maximum absolute atomic E-state index is 12.7. The number of hydrogen-bond acceptors (Lipinski definition) is 6. The second kappa shape index (κ2) is 9.36. The van der Waals surface area contributed by atoms with Crippen LogP contribution in [0.2, 0.25) is 0 Å². The smallest absolute Gasteiger partial charge is 0.269 e. The number of benzene rings is 2. The summed E-state index contributed by atoms with van der Waals surface area (Å²) in [5.41, 5.74) is 2.81. The summed E-state index contributed by atoms with van der Waals surface area (Å²) < 4.78 is 23.0. The largest absolute Gasteiger partial charge is 0.493 e. The van der Waals surface area contributed by atoms with Crippen molar-refractivity contribution >= 4 is 11.4 Å². The highest BCUT2D eigenvalue weighted by atomic mass is 19.1. The van der Waals surface area contributed by atoms with Gasteiger partial charge in [-0.3, -0.25) is 15.1 Å². The molecule has 1 aliphatic heterocycles. The molecule has 2 aromatic carbocycles. The minimum atomic E-state index is -0.935. The van der Waals surface area contributed by atoms with Gasteiger partial charge in [-0.25, -0.2) is 4.39 Å². The average Bonchev–Trinajstić information content (AvgIpc) is 2.74. The first-order chi connectivity index (χ1) is 14.0. The molecule has 0 spiro atoms. The van der Waals surface area contributed by atoms with E-state index in [0.29, 0.717) is 18.0 Å². The van der Waals surface area contributed by atoms with Crippen LogP contribution in [0.15, 0.2) is 47.6 Å². The van der Waals surface area contributed by atoms with Gasteiger partial charge in [-0.2, -0.15) is 5.10 Å². The summed E-state index contributed by atoms with van der Waals surface area (Å²) in [7, 11) is 1.51. The standard InChI is InChI=1S/C21H24FN3O4/c1-3-16-10-11-24(13-15-4-7-18(8-5-15)25(26)27)23-21(16)17-6-9-19(28-2)20(12-17)29-14-22/h4-9,12,16H,3,10-11,13-14H2,1-2H3. The van der Waals surface area contributed by atoms with Gasteiger partial charge in [-0.15, -0.1) is 0 Å². The van der Waals surface area contributed by atoms with E-state index in [1.54, 1.807) is 24.3 Å². The van der Waals surface area contributed by atoms with Crippen molar-refractivity contribution in [3.8, 4) is 11.5 Å². The van der Waals surface area contributed by atoms with Gasteiger partial charge in [0.05, 0.1) is 24.3 Å². The lowest BCUT2D eigenvalue weighted by Gasteiger charge is -2.31. The third-order valence-corrected chi connectivity index (χ3v) is 5.05. The molecule has 0 aliphatic carbocycles. The number of alkyl halides is 1. The number of nitro benzene ring substituents is 1. The molecule has 0 aromatic heterocycles. The lowest BCUT2D eigenvalue weighted by molar-refractivity contribution is -0.384. The van der Waals surface area contributed by atoms with Gasteiger partial charge in [0.1, 0.15) is 0 Å². The Hall–Kier alpha value is -3.16. The van der Waals surface area contributed by atoms with Crippen LogP contribution in [-0.2, 0) is 6.54 Å². The number of methoxy groups -OCH3 is 1. The van der Waals surface area contributed by atoms with Gasteiger partial charge in [-0.05, 0) is 36.6 Å². The van der Waals surface area contributed by atoms with E-state index in [1.165, 1.54) is 19.2 Å². The van der Waals surface area contributed by atoms with Crippen LogP contribution in [0.4, 0.5) is 10.1 Å². The third-order valence-electron chi connectivity index (χ3n) is 5.05. The first-order valence-electron chi connectivity index (χ1n) is 9.49. The topological polar surface area (TPSA) is 77.2 Å². The normalized spacial score (nSPS) is 16.3. The monoisotopic (exact) mass is 401 g/mol. The van der Waals surface area contributed by atoms with Gasteiger partial charge >= 0.3 is 0 Å². The van der Waals surface area contributed by atoms with E-state index in [-0.39, 0.29) is 11.6 Å². The Labute approximate surface area is 168 Å². The van der Waals surface area contributed by atoms with Crippen LogP contribution in [0.1, 0.15) is 30.9 Å². The zero-order chi connectivity index (χ0) is 20.8. The van der Waals surface area contributed by atoms with Crippen molar-refractivity contribution in [1.82, 2.24) is 5.01 Å². The predicted molar refractivity (Wildman–Crippen MR) is 108 cm³/mol. The third kappa shape index (κ3) is 4.82. The molecule has 0 N–H and O–H groups in total. The number of hydrazone groups is 1. The number of nitrogens with zero attached hydrogens (tertiary/aromatic N) is 3. The molecule has 1 heterocycles. The highest BCUT2D eigenvalue weighted by Crippen LogP contribution is 2.31. The van der Waals surface area contributed by atoms with Crippen molar-refractivity contribution in [2.24, 2.45) is 11.0 Å². The zero-order valence-electron chi connectivity index (χ0n) is 16.5. The summed E-state index contributed by atoms with van der Waals surface area (Å²) in [6, 6.07) is 11.9. The maximum atomic E-state index is 12.7. The summed E-state index contributed by atoms with van der Waals surface area (Å²) in [6.45, 7) is 2.54. The fraction of sp³-hybridized carbons (Fsp3) is 0.381. The molecule has 2 aromatic rings.